The second-order valence-electron chi connectivity index (χ2n) is 5.40. The Balaban J connectivity index is 2.02. The van der Waals surface area contributed by atoms with Gasteiger partial charge in [0.25, 0.3) is 5.91 Å². The summed E-state index contributed by atoms with van der Waals surface area (Å²) in [6.45, 7) is 1.07. The molecule has 0 aliphatic carbocycles. The third-order valence-electron chi connectivity index (χ3n) is 3.88. The van der Waals surface area contributed by atoms with Gasteiger partial charge in [-0.05, 0) is 12.1 Å². The molecule has 7 nitrogen and oxygen atoms in total. The molecule has 7 heteroatoms. The normalized spacial score (nSPS) is 12.9. The summed E-state index contributed by atoms with van der Waals surface area (Å²) >= 11 is 0. The molecule has 23 heavy (non-hydrogen) atoms. The van der Waals surface area contributed by atoms with Gasteiger partial charge in [-0.3, -0.25) is 9.48 Å². The molecule has 1 aliphatic rings. The number of para-hydroxylation sites is 1. The van der Waals surface area contributed by atoms with Crippen LogP contribution in [-0.4, -0.2) is 31.8 Å². The number of amides is 1. The molecule has 2 aromatic heterocycles. The fourth-order valence-electron chi connectivity index (χ4n) is 2.91. The van der Waals surface area contributed by atoms with Crippen LogP contribution in [0.5, 0.6) is 5.75 Å². The van der Waals surface area contributed by atoms with Crippen molar-refractivity contribution >= 4 is 5.91 Å². The van der Waals surface area contributed by atoms with Gasteiger partial charge in [0.05, 0.1) is 24.0 Å². The first kappa shape index (κ1) is 13.6. The van der Waals surface area contributed by atoms with Gasteiger partial charge in [0, 0.05) is 18.8 Å². The van der Waals surface area contributed by atoms with Crippen LogP contribution in [0.25, 0.3) is 22.6 Å². The summed E-state index contributed by atoms with van der Waals surface area (Å²) in [5.41, 5.74) is 8.15. The van der Waals surface area contributed by atoms with Crippen molar-refractivity contribution in [3.05, 3.63) is 42.4 Å². The van der Waals surface area contributed by atoms with E-state index in [1.807, 2.05) is 42.1 Å². The average Bonchev–Trinajstić information content (AvgIpc) is 3.07. The summed E-state index contributed by atoms with van der Waals surface area (Å²) in [4.78, 5) is 16.4. The van der Waals surface area contributed by atoms with Crippen molar-refractivity contribution in [2.24, 2.45) is 12.8 Å². The number of fused-ring (bicyclic) bond motifs is 3. The van der Waals surface area contributed by atoms with Gasteiger partial charge in [-0.15, -0.1) is 0 Å². The molecule has 3 heterocycles. The maximum absolute atomic E-state index is 11.9. The van der Waals surface area contributed by atoms with Crippen LogP contribution in [0.15, 0.2) is 36.7 Å². The summed E-state index contributed by atoms with van der Waals surface area (Å²) in [7, 11) is 1.82. The highest BCUT2D eigenvalue weighted by Gasteiger charge is 2.26. The summed E-state index contributed by atoms with van der Waals surface area (Å²) < 4.78 is 9.44. The molecule has 0 saturated heterocycles. The SMILES string of the molecule is Cn1cc(-c2c(C(N)=O)nc3n2CCOc2ccccc2-3)cn1. The lowest BCUT2D eigenvalue weighted by molar-refractivity contribution is 0.0996. The Morgan fingerprint density at radius 3 is 2.91 bits per heavy atom. The number of hydrogen-bond donors (Lipinski definition) is 1. The number of nitrogens with two attached hydrogens (primary N) is 1. The molecule has 4 rings (SSSR count). The monoisotopic (exact) mass is 309 g/mol. The van der Waals surface area contributed by atoms with Crippen molar-refractivity contribution in [1.29, 1.82) is 0 Å². The number of benzene rings is 1. The van der Waals surface area contributed by atoms with Crippen LogP contribution in [0.1, 0.15) is 10.5 Å². The van der Waals surface area contributed by atoms with Crippen molar-refractivity contribution in [3.63, 3.8) is 0 Å². The largest absolute Gasteiger partial charge is 0.491 e. The number of carbonyl (C=O) groups excluding carboxylic acids is 1. The van der Waals surface area contributed by atoms with E-state index in [9.17, 15) is 4.79 Å². The Kier molecular flexibility index (Phi) is 2.94. The van der Waals surface area contributed by atoms with Gasteiger partial charge in [0.2, 0.25) is 0 Å². The number of hydrogen-bond acceptors (Lipinski definition) is 4. The van der Waals surface area contributed by atoms with Crippen LogP contribution in [0.4, 0.5) is 0 Å². The number of primary amides is 1. The first-order valence-corrected chi connectivity index (χ1v) is 7.26. The first-order chi connectivity index (χ1) is 11.1. The zero-order chi connectivity index (χ0) is 16.0. The first-order valence-electron chi connectivity index (χ1n) is 7.26. The molecule has 116 valence electrons. The molecule has 0 radical (unpaired) electrons. The van der Waals surface area contributed by atoms with Gasteiger partial charge >= 0.3 is 0 Å². The van der Waals surface area contributed by atoms with E-state index in [-0.39, 0.29) is 5.69 Å². The molecule has 0 unspecified atom stereocenters. The molecule has 1 aromatic carbocycles. The van der Waals surface area contributed by atoms with Crippen LogP contribution >= 0.6 is 0 Å². The summed E-state index contributed by atoms with van der Waals surface area (Å²) in [6, 6.07) is 7.65. The second kappa shape index (κ2) is 4.98. The number of rotatable bonds is 2. The Morgan fingerprint density at radius 2 is 2.17 bits per heavy atom. The van der Waals surface area contributed by atoms with Crippen LogP contribution in [-0.2, 0) is 13.6 Å². The maximum atomic E-state index is 11.9. The lowest BCUT2D eigenvalue weighted by Gasteiger charge is -2.07. The smallest absolute Gasteiger partial charge is 0.269 e. The standard InChI is InChI=1S/C16H15N5O2/c1-20-9-10(8-18-20)14-13(15(17)22)19-16-11-4-2-3-5-12(11)23-7-6-21(14)16/h2-5,8-9H,6-7H2,1H3,(H2,17,22). The number of aryl methyl sites for hydroxylation is 1. The number of ether oxygens (including phenoxy) is 1. The molecule has 3 aromatic rings. The molecule has 1 aliphatic heterocycles. The number of aromatic nitrogens is 4. The lowest BCUT2D eigenvalue weighted by Crippen LogP contribution is -2.14. The quantitative estimate of drug-likeness (QED) is 0.776. The highest BCUT2D eigenvalue weighted by molar-refractivity contribution is 5.98. The van der Waals surface area contributed by atoms with E-state index in [0.717, 1.165) is 16.9 Å². The van der Waals surface area contributed by atoms with E-state index in [4.69, 9.17) is 10.5 Å². The molecule has 0 saturated carbocycles. The van der Waals surface area contributed by atoms with Crippen LogP contribution < -0.4 is 10.5 Å². The zero-order valence-electron chi connectivity index (χ0n) is 12.6. The fourth-order valence-corrected chi connectivity index (χ4v) is 2.91. The minimum atomic E-state index is -0.553. The maximum Gasteiger partial charge on any atom is 0.269 e. The summed E-state index contributed by atoms with van der Waals surface area (Å²) in [6.07, 6.45) is 3.54. The number of carbonyl (C=O) groups is 1. The Morgan fingerprint density at radius 1 is 1.35 bits per heavy atom. The van der Waals surface area contributed by atoms with E-state index in [1.165, 1.54) is 0 Å². The topological polar surface area (TPSA) is 88.0 Å². The molecular weight excluding hydrogens is 294 g/mol. The summed E-state index contributed by atoms with van der Waals surface area (Å²) in [5, 5.41) is 4.18. The third kappa shape index (κ3) is 2.09. The minimum absolute atomic E-state index is 0.254. The Labute approximate surface area is 132 Å². The van der Waals surface area contributed by atoms with E-state index in [1.54, 1.807) is 10.9 Å². The van der Waals surface area contributed by atoms with Gasteiger partial charge in [-0.25, -0.2) is 4.98 Å². The van der Waals surface area contributed by atoms with Crippen LogP contribution in [0, 0.1) is 0 Å². The number of imidazole rings is 1. The predicted octanol–water partition coefficient (Wildman–Crippen LogP) is 1.44. The molecule has 0 bridgehead atoms. The summed E-state index contributed by atoms with van der Waals surface area (Å²) in [5.74, 6) is 0.888. The third-order valence-corrected chi connectivity index (χ3v) is 3.88. The van der Waals surface area contributed by atoms with E-state index >= 15 is 0 Å². The molecule has 0 atom stereocenters. The molecular formula is C16H15N5O2. The van der Waals surface area contributed by atoms with Gasteiger partial charge in [-0.2, -0.15) is 5.10 Å². The van der Waals surface area contributed by atoms with Gasteiger partial charge in [0.1, 0.15) is 18.2 Å². The Hall–Kier alpha value is -3.09. The zero-order valence-corrected chi connectivity index (χ0v) is 12.6. The minimum Gasteiger partial charge on any atom is -0.491 e. The van der Waals surface area contributed by atoms with Gasteiger partial charge in [-0.1, -0.05) is 12.1 Å². The highest BCUT2D eigenvalue weighted by atomic mass is 16.5. The van der Waals surface area contributed by atoms with Crippen LogP contribution in [0.2, 0.25) is 0 Å². The Bertz CT molecular complexity index is 909. The average molecular weight is 309 g/mol. The molecule has 2 N–H and O–H groups in total. The predicted molar refractivity (Wildman–Crippen MR) is 83.9 cm³/mol. The van der Waals surface area contributed by atoms with Crippen molar-refractivity contribution in [3.8, 4) is 28.4 Å². The molecule has 0 fully saturated rings. The van der Waals surface area contributed by atoms with Crippen molar-refractivity contribution in [2.75, 3.05) is 6.61 Å². The van der Waals surface area contributed by atoms with E-state index in [0.29, 0.717) is 24.7 Å². The van der Waals surface area contributed by atoms with Crippen molar-refractivity contribution in [2.45, 2.75) is 6.54 Å². The van der Waals surface area contributed by atoms with E-state index < -0.39 is 5.91 Å². The van der Waals surface area contributed by atoms with Crippen molar-refractivity contribution < 1.29 is 9.53 Å². The fraction of sp³-hybridized carbons (Fsp3) is 0.188. The van der Waals surface area contributed by atoms with Gasteiger partial charge in [0.15, 0.2) is 5.69 Å². The number of nitrogens with zero attached hydrogens (tertiary/aromatic N) is 4. The molecule has 1 amide bonds. The second-order valence-corrected chi connectivity index (χ2v) is 5.40. The molecule has 0 spiro atoms. The lowest BCUT2D eigenvalue weighted by atomic mass is 10.2. The highest BCUT2D eigenvalue weighted by Crippen LogP contribution is 2.36. The van der Waals surface area contributed by atoms with E-state index in [2.05, 4.69) is 10.1 Å². The van der Waals surface area contributed by atoms with Crippen LogP contribution in [0.3, 0.4) is 0 Å². The van der Waals surface area contributed by atoms with Crippen molar-refractivity contribution in [1.82, 2.24) is 19.3 Å². The van der Waals surface area contributed by atoms with Gasteiger partial charge < -0.3 is 15.0 Å².